The second-order valence-electron chi connectivity index (χ2n) is 4.06. The predicted molar refractivity (Wildman–Crippen MR) is 64.5 cm³/mol. The van der Waals surface area contributed by atoms with E-state index in [2.05, 4.69) is 23.9 Å². The van der Waals surface area contributed by atoms with Gasteiger partial charge in [-0.15, -0.1) is 0 Å². The van der Waals surface area contributed by atoms with E-state index in [4.69, 9.17) is 10.3 Å². The monoisotopic (exact) mass is 219 g/mol. The fourth-order valence-electron chi connectivity index (χ4n) is 1.28. The lowest BCUT2D eigenvalue weighted by Crippen LogP contribution is -2.04. The average Bonchev–Trinajstić information content (AvgIpc) is 2.27. The van der Waals surface area contributed by atoms with Gasteiger partial charge in [0.25, 0.3) is 0 Å². The Morgan fingerprint density at radius 1 is 1.44 bits per heavy atom. The molecule has 1 rings (SSSR count). The zero-order valence-corrected chi connectivity index (χ0v) is 9.76. The Balaban J connectivity index is 2.53. The van der Waals surface area contributed by atoms with Crippen molar-refractivity contribution in [2.45, 2.75) is 20.3 Å². The molecule has 0 saturated carbocycles. The van der Waals surface area contributed by atoms with Gasteiger partial charge in [0.2, 0.25) is 0 Å². The van der Waals surface area contributed by atoms with Crippen molar-refractivity contribution in [1.29, 1.82) is 0 Å². The second kappa shape index (κ2) is 6.75. The number of hydrogen-bond donors (Lipinski definition) is 0. The smallest absolute Gasteiger partial charge is 0.119 e. The van der Waals surface area contributed by atoms with Gasteiger partial charge < -0.3 is 4.74 Å². The molecule has 0 aliphatic rings. The van der Waals surface area contributed by atoms with E-state index in [1.54, 1.807) is 0 Å². The van der Waals surface area contributed by atoms with Gasteiger partial charge in [0.05, 0.1) is 6.61 Å². The quantitative estimate of drug-likeness (QED) is 0.410. The first-order valence-corrected chi connectivity index (χ1v) is 5.45. The largest absolute Gasteiger partial charge is 0.493 e. The van der Waals surface area contributed by atoms with Gasteiger partial charge in [-0.2, -0.15) is 0 Å². The number of nitrogens with zero attached hydrogens (tertiary/aromatic N) is 3. The lowest BCUT2D eigenvalue weighted by molar-refractivity contribution is 0.271. The zero-order valence-electron chi connectivity index (χ0n) is 9.76. The van der Waals surface area contributed by atoms with Crippen LogP contribution in [0.25, 0.3) is 10.4 Å². The number of azide groups is 1. The molecule has 0 aromatic heterocycles. The van der Waals surface area contributed by atoms with E-state index in [1.807, 2.05) is 24.3 Å². The first kappa shape index (κ1) is 12.4. The predicted octanol–water partition coefficient (Wildman–Crippen LogP) is 3.57. The van der Waals surface area contributed by atoms with Gasteiger partial charge in [-0.25, -0.2) is 0 Å². The number of rotatable bonds is 6. The molecule has 0 bridgehead atoms. The van der Waals surface area contributed by atoms with E-state index < -0.39 is 0 Å². The Morgan fingerprint density at radius 2 is 2.25 bits per heavy atom. The fraction of sp³-hybridized carbons (Fsp3) is 0.500. The molecule has 0 aliphatic carbocycles. The molecule has 0 unspecified atom stereocenters. The Bertz CT molecular complexity index is 370. The number of benzene rings is 1. The molecule has 0 spiro atoms. The summed E-state index contributed by atoms with van der Waals surface area (Å²) in [7, 11) is 0. The standard InChI is InChI=1S/C12H17N3O/c1-10(2)9-16-12-5-3-4-11(8-12)6-7-14-15-13/h3-5,8,10H,6-7,9H2,1-2H3. The van der Waals surface area contributed by atoms with Crippen molar-refractivity contribution in [3.8, 4) is 5.75 Å². The zero-order chi connectivity index (χ0) is 11.8. The highest BCUT2D eigenvalue weighted by Crippen LogP contribution is 2.14. The molecule has 0 atom stereocenters. The molecule has 0 saturated heterocycles. The maximum Gasteiger partial charge on any atom is 0.119 e. The summed E-state index contributed by atoms with van der Waals surface area (Å²) < 4.78 is 5.61. The molecule has 0 heterocycles. The number of hydrogen-bond acceptors (Lipinski definition) is 2. The van der Waals surface area contributed by atoms with E-state index >= 15 is 0 Å². The molecule has 0 radical (unpaired) electrons. The summed E-state index contributed by atoms with van der Waals surface area (Å²) in [4.78, 5) is 2.73. The Labute approximate surface area is 95.9 Å². The third kappa shape index (κ3) is 4.71. The van der Waals surface area contributed by atoms with Crippen molar-refractivity contribution in [2.75, 3.05) is 13.2 Å². The Morgan fingerprint density at radius 3 is 2.94 bits per heavy atom. The maximum atomic E-state index is 8.18. The van der Waals surface area contributed by atoms with E-state index in [-0.39, 0.29) is 0 Å². The molecule has 0 N–H and O–H groups in total. The average molecular weight is 219 g/mol. The maximum absolute atomic E-state index is 8.18. The van der Waals surface area contributed by atoms with E-state index in [9.17, 15) is 0 Å². The molecular formula is C12H17N3O. The lowest BCUT2D eigenvalue weighted by atomic mass is 10.1. The summed E-state index contributed by atoms with van der Waals surface area (Å²) in [5, 5.41) is 3.51. The van der Waals surface area contributed by atoms with Crippen LogP contribution in [0.1, 0.15) is 19.4 Å². The third-order valence-electron chi connectivity index (χ3n) is 2.05. The molecule has 0 fully saturated rings. The number of ether oxygens (including phenoxy) is 1. The van der Waals surface area contributed by atoms with Crippen LogP contribution in [-0.2, 0) is 6.42 Å². The summed E-state index contributed by atoms with van der Waals surface area (Å²) in [6, 6.07) is 7.91. The van der Waals surface area contributed by atoms with Crippen molar-refractivity contribution in [3.63, 3.8) is 0 Å². The lowest BCUT2D eigenvalue weighted by Gasteiger charge is -2.09. The summed E-state index contributed by atoms with van der Waals surface area (Å²) >= 11 is 0. The molecule has 4 heteroatoms. The minimum atomic E-state index is 0.490. The third-order valence-corrected chi connectivity index (χ3v) is 2.05. The van der Waals surface area contributed by atoms with E-state index in [1.165, 1.54) is 0 Å². The summed E-state index contributed by atoms with van der Waals surface area (Å²) in [6.45, 7) is 5.45. The fourth-order valence-corrected chi connectivity index (χ4v) is 1.28. The molecular weight excluding hydrogens is 202 g/mol. The van der Waals surface area contributed by atoms with Gasteiger partial charge in [0.1, 0.15) is 5.75 Å². The molecule has 16 heavy (non-hydrogen) atoms. The van der Waals surface area contributed by atoms with Gasteiger partial charge in [0, 0.05) is 11.5 Å². The molecule has 4 nitrogen and oxygen atoms in total. The summed E-state index contributed by atoms with van der Waals surface area (Å²) in [5.41, 5.74) is 9.31. The highest BCUT2D eigenvalue weighted by atomic mass is 16.5. The summed E-state index contributed by atoms with van der Waals surface area (Å²) in [6.07, 6.45) is 0.753. The van der Waals surface area contributed by atoms with Gasteiger partial charge in [-0.3, -0.25) is 0 Å². The molecule has 0 amide bonds. The topological polar surface area (TPSA) is 58.0 Å². The second-order valence-corrected chi connectivity index (χ2v) is 4.06. The summed E-state index contributed by atoms with van der Waals surface area (Å²) in [5.74, 6) is 1.40. The van der Waals surface area contributed by atoms with Crippen molar-refractivity contribution in [3.05, 3.63) is 40.3 Å². The van der Waals surface area contributed by atoms with Crippen molar-refractivity contribution in [1.82, 2.24) is 0 Å². The SMILES string of the molecule is CC(C)COc1cccc(CCN=[N+]=[N-])c1. The minimum Gasteiger partial charge on any atom is -0.493 e. The van der Waals surface area contributed by atoms with E-state index in [0.717, 1.165) is 24.3 Å². The van der Waals surface area contributed by atoms with Crippen molar-refractivity contribution >= 4 is 0 Å². The van der Waals surface area contributed by atoms with Crippen molar-refractivity contribution < 1.29 is 4.74 Å². The van der Waals surface area contributed by atoms with Crippen molar-refractivity contribution in [2.24, 2.45) is 11.0 Å². The molecule has 86 valence electrons. The van der Waals surface area contributed by atoms with Gasteiger partial charge in [-0.05, 0) is 35.6 Å². The van der Waals surface area contributed by atoms with Crippen LogP contribution in [0.3, 0.4) is 0 Å². The van der Waals surface area contributed by atoms with Crippen LogP contribution < -0.4 is 4.74 Å². The van der Waals surface area contributed by atoms with Crippen LogP contribution in [0.15, 0.2) is 29.4 Å². The highest BCUT2D eigenvalue weighted by molar-refractivity contribution is 5.28. The Hall–Kier alpha value is -1.67. The van der Waals surface area contributed by atoms with Gasteiger partial charge in [-0.1, -0.05) is 31.1 Å². The first-order chi connectivity index (χ1) is 7.72. The van der Waals surface area contributed by atoms with Crippen LogP contribution in [0, 0.1) is 5.92 Å². The van der Waals surface area contributed by atoms with E-state index in [0.29, 0.717) is 12.5 Å². The van der Waals surface area contributed by atoms with Crippen LogP contribution in [0.4, 0.5) is 0 Å². The molecule has 0 aliphatic heterocycles. The first-order valence-electron chi connectivity index (χ1n) is 5.45. The highest BCUT2D eigenvalue weighted by Gasteiger charge is 1.98. The van der Waals surface area contributed by atoms with Gasteiger partial charge >= 0.3 is 0 Å². The van der Waals surface area contributed by atoms with Crippen LogP contribution in [0.2, 0.25) is 0 Å². The van der Waals surface area contributed by atoms with Gasteiger partial charge in [0.15, 0.2) is 0 Å². The molecule has 1 aromatic rings. The normalized spacial score (nSPS) is 9.94. The van der Waals surface area contributed by atoms with Crippen LogP contribution >= 0.6 is 0 Å². The molecule has 1 aromatic carbocycles. The minimum absolute atomic E-state index is 0.490. The van der Waals surface area contributed by atoms with Crippen LogP contribution in [-0.4, -0.2) is 13.2 Å². The van der Waals surface area contributed by atoms with Crippen LogP contribution in [0.5, 0.6) is 5.75 Å². The Kier molecular flexibility index (Phi) is 5.23.